The number of rotatable bonds is 3. The lowest BCUT2D eigenvalue weighted by Crippen LogP contribution is -2.06. The van der Waals surface area contributed by atoms with Crippen LogP contribution in [0.5, 0.6) is 0 Å². The van der Waals surface area contributed by atoms with E-state index in [4.69, 9.17) is 4.42 Å². The van der Waals surface area contributed by atoms with Crippen LogP contribution in [-0.4, -0.2) is 4.98 Å². The van der Waals surface area contributed by atoms with E-state index in [0.29, 0.717) is 5.89 Å². The maximum Gasteiger partial charge on any atom is 0.192 e. The van der Waals surface area contributed by atoms with Crippen molar-refractivity contribution in [3.8, 4) is 0 Å². The molecule has 0 saturated carbocycles. The second-order valence-corrected chi connectivity index (χ2v) is 6.08. The molecule has 0 radical (unpaired) electrons. The van der Waals surface area contributed by atoms with Gasteiger partial charge < -0.3 is 9.73 Å². The van der Waals surface area contributed by atoms with Crippen molar-refractivity contribution in [1.82, 2.24) is 4.98 Å². The highest BCUT2D eigenvalue weighted by molar-refractivity contribution is 14.1. The van der Waals surface area contributed by atoms with Crippen LogP contribution in [0.4, 0.5) is 5.69 Å². The Morgan fingerprint density at radius 2 is 1.90 bits per heavy atom. The lowest BCUT2D eigenvalue weighted by molar-refractivity contribution is 0.561. The van der Waals surface area contributed by atoms with E-state index < -0.39 is 0 Å². The molecule has 20 heavy (non-hydrogen) atoms. The highest BCUT2D eigenvalue weighted by Gasteiger charge is 2.07. The van der Waals surface area contributed by atoms with Gasteiger partial charge in [-0.15, -0.1) is 0 Å². The van der Waals surface area contributed by atoms with Crippen molar-refractivity contribution >= 4 is 39.4 Å². The topological polar surface area (TPSA) is 38.1 Å². The van der Waals surface area contributed by atoms with Gasteiger partial charge in [0.1, 0.15) is 5.52 Å². The van der Waals surface area contributed by atoms with Gasteiger partial charge in [0.2, 0.25) is 0 Å². The maximum absolute atomic E-state index is 5.49. The molecule has 1 heterocycles. The third-order valence-electron chi connectivity index (χ3n) is 3.25. The number of oxazole rings is 1. The summed E-state index contributed by atoms with van der Waals surface area (Å²) < 4.78 is 6.73. The third kappa shape index (κ3) is 2.80. The number of anilines is 1. The minimum atomic E-state index is 0.248. The normalized spacial score (nSPS) is 12.6. The summed E-state index contributed by atoms with van der Waals surface area (Å²) in [6.07, 6.45) is 0. The van der Waals surface area contributed by atoms with E-state index in [9.17, 15) is 0 Å². The first kappa shape index (κ1) is 13.4. The van der Waals surface area contributed by atoms with Crippen LogP contribution in [0.2, 0.25) is 0 Å². The first-order valence-electron chi connectivity index (χ1n) is 6.51. The van der Waals surface area contributed by atoms with Gasteiger partial charge in [-0.2, -0.15) is 0 Å². The van der Waals surface area contributed by atoms with Gasteiger partial charge in [-0.3, -0.25) is 0 Å². The predicted molar refractivity (Wildman–Crippen MR) is 89.9 cm³/mol. The smallest absolute Gasteiger partial charge is 0.192 e. The van der Waals surface area contributed by atoms with Crippen LogP contribution >= 0.6 is 22.6 Å². The van der Waals surface area contributed by atoms with E-state index in [1.165, 1.54) is 9.13 Å². The molecule has 0 aliphatic carbocycles. The Bertz CT molecular complexity index is 734. The quantitative estimate of drug-likeness (QED) is 0.658. The Hall–Kier alpha value is -1.56. The molecule has 1 atom stereocenters. The summed E-state index contributed by atoms with van der Waals surface area (Å²) in [7, 11) is 0. The maximum atomic E-state index is 5.49. The van der Waals surface area contributed by atoms with Gasteiger partial charge in [0, 0.05) is 22.2 Å². The molecular formula is C16H15IN2O. The largest absolute Gasteiger partial charge is 0.441 e. The molecule has 1 unspecified atom stereocenters. The number of halogens is 1. The van der Waals surface area contributed by atoms with Gasteiger partial charge in [0.25, 0.3) is 0 Å². The zero-order valence-corrected chi connectivity index (χ0v) is 13.5. The summed E-state index contributed by atoms with van der Waals surface area (Å²) in [5, 5.41) is 3.49. The molecule has 0 bridgehead atoms. The Morgan fingerprint density at radius 3 is 2.65 bits per heavy atom. The molecule has 3 aromatic rings. The van der Waals surface area contributed by atoms with Crippen molar-refractivity contribution in [2.45, 2.75) is 19.9 Å². The number of aromatic nitrogens is 1. The lowest BCUT2D eigenvalue weighted by Gasteiger charge is -2.15. The second kappa shape index (κ2) is 5.44. The van der Waals surface area contributed by atoms with Crippen LogP contribution in [0.25, 0.3) is 11.1 Å². The lowest BCUT2D eigenvalue weighted by atomic mass is 10.1. The number of fused-ring (bicyclic) bond motifs is 1. The summed E-state index contributed by atoms with van der Waals surface area (Å²) in [6, 6.07) is 14.8. The molecule has 0 amide bonds. The minimum absolute atomic E-state index is 0.248. The van der Waals surface area contributed by atoms with Crippen molar-refractivity contribution < 1.29 is 4.42 Å². The molecule has 1 N–H and O–H groups in total. The van der Waals surface area contributed by atoms with Gasteiger partial charge in [0.05, 0.1) is 0 Å². The molecule has 0 aliphatic heterocycles. The van der Waals surface area contributed by atoms with Crippen molar-refractivity contribution in [3.05, 3.63) is 57.5 Å². The number of nitrogens with one attached hydrogen (secondary N) is 1. The second-order valence-electron chi connectivity index (χ2n) is 4.83. The van der Waals surface area contributed by atoms with Crippen LogP contribution in [0.15, 0.2) is 46.9 Å². The summed E-state index contributed by atoms with van der Waals surface area (Å²) in [6.45, 7) is 4.02. The van der Waals surface area contributed by atoms with E-state index in [0.717, 1.165) is 16.8 Å². The van der Waals surface area contributed by atoms with E-state index >= 15 is 0 Å². The zero-order valence-electron chi connectivity index (χ0n) is 11.4. The Labute approximate surface area is 131 Å². The van der Waals surface area contributed by atoms with Crippen LogP contribution in [0, 0.1) is 10.5 Å². The molecule has 3 rings (SSSR count). The molecule has 2 aromatic carbocycles. The Kier molecular flexibility index (Phi) is 3.65. The summed E-state index contributed by atoms with van der Waals surface area (Å²) in [5.41, 5.74) is 4.04. The fourth-order valence-electron chi connectivity index (χ4n) is 2.22. The average Bonchev–Trinajstić information content (AvgIpc) is 2.78. The van der Waals surface area contributed by atoms with Crippen molar-refractivity contribution in [1.29, 1.82) is 0 Å². The van der Waals surface area contributed by atoms with Gasteiger partial charge >= 0.3 is 0 Å². The predicted octanol–water partition coefficient (Wildman–Crippen LogP) is 4.91. The first-order chi connectivity index (χ1) is 9.61. The number of hydrogen-bond acceptors (Lipinski definition) is 3. The number of hydrogen-bond donors (Lipinski definition) is 1. The Balaban J connectivity index is 1.82. The zero-order chi connectivity index (χ0) is 14.1. The van der Waals surface area contributed by atoms with Gasteiger partial charge in [-0.1, -0.05) is 12.1 Å². The van der Waals surface area contributed by atoms with Gasteiger partial charge in [-0.25, -0.2) is 4.98 Å². The van der Waals surface area contributed by atoms with Crippen LogP contribution < -0.4 is 5.32 Å². The molecule has 1 aromatic heterocycles. The molecule has 4 heteroatoms. The number of nitrogens with zero attached hydrogens (tertiary/aromatic N) is 1. The molecule has 102 valence electrons. The van der Waals surface area contributed by atoms with Crippen molar-refractivity contribution in [2.24, 2.45) is 0 Å². The molecular weight excluding hydrogens is 363 g/mol. The third-order valence-corrected chi connectivity index (χ3v) is 3.97. The average molecular weight is 378 g/mol. The van der Waals surface area contributed by atoms with Gasteiger partial charge in [-0.05, 0) is 65.4 Å². The monoisotopic (exact) mass is 378 g/mol. The highest BCUT2D eigenvalue weighted by atomic mass is 127. The van der Waals surface area contributed by atoms with E-state index in [1.54, 1.807) is 0 Å². The number of benzene rings is 2. The van der Waals surface area contributed by atoms with Crippen LogP contribution in [0.1, 0.15) is 24.4 Å². The minimum Gasteiger partial charge on any atom is -0.441 e. The summed E-state index contributed by atoms with van der Waals surface area (Å²) in [4.78, 5) is 4.36. The summed E-state index contributed by atoms with van der Waals surface area (Å²) >= 11 is 2.32. The van der Waals surface area contributed by atoms with E-state index in [2.05, 4.69) is 64.1 Å². The van der Waals surface area contributed by atoms with Gasteiger partial charge in [0.15, 0.2) is 11.5 Å². The fourth-order valence-corrected chi connectivity index (χ4v) is 2.58. The fraction of sp³-hybridized carbons (Fsp3) is 0.188. The molecule has 0 saturated heterocycles. The van der Waals surface area contributed by atoms with E-state index in [1.807, 2.05) is 25.1 Å². The van der Waals surface area contributed by atoms with Crippen LogP contribution in [0.3, 0.4) is 0 Å². The highest BCUT2D eigenvalue weighted by Crippen LogP contribution is 2.24. The Morgan fingerprint density at radius 1 is 1.15 bits per heavy atom. The summed E-state index contributed by atoms with van der Waals surface area (Å²) in [5.74, 6) is 0.697. The first-order valence-corrected chi connectivity index (χ1v) is 7.59. The molecule has 0 fully saturated rings. The number of aryl methyl sites for hydroxylation is 1. The van der Waals surface area contributed by atoms with Crippen molar-refractivity contribution in [3.63, 3.8) is 0 Å². The van der Waals surface area contributed by atoms with E-state index in [-0.39, 0.29) is 6.04 Å². The van der Waals surface area contributed by atoms with Crippen LogP contribution in [-0.2, 0) is 0 Å². The molecule has 3 nitrogen and oxygen atoms in total. The molecule has 0 spiro atoms. The SMILES string of the molecule is Cc1nc2cc(NC(C)c3ccc(I)cc3)ccc2o1. The molecule has 0 aliphatic rings. The van der Waals surface area contributed by atoms with Crippen molar-refractivity contribution in [2.75, 3.05) is 5.32 Å². The standard InChI is InChI=1S/C16H15IN2O/c1-10(12-3-5-13(17)6-4-12)18-14-7-8-16-15(9-14)19-11(2)20-16/h3-10,18H,1-2H3.